The number of sulfonamides is 1. The van der Waals surface area contributed by atoms with Gasteiger partial charge in [-0.2, -0.15) is 4.31 Å². The van der Waals surface area contributed by atoms with Crippen LogP contribution < -0.4 is 0 Å². The van der Waals surface area contributed by atoms with Crippen LogP contribution in [-0.2, 0) is 26.0 Å². The monoisotopic (exact) mass is 325 g/mol. The van der Waals surface area contributed by atoms with Gasteiger partial charge in [0, 0.05) is 13.1 Å². The Kier molecular flexibility index (Phi) is 5.58. The molecule has 0 bridgehead atoms. The molecule has 0 atom stereocenters. The number of methoxy groups -OCH3 is 1. The molecule has 22 heavy (non-hydrogen) atoms. The molecular formula is C16H23NO4S. The van der Waals surface area contributed by atoms with Crippen molar-refractivity contribution in [3.8, 4) is 0 Å². The molecule has 1 aliphatic heterocycles. The smallest absolute Gasteiger partial charge is 0.308 e. The Morgan fingerprint density at radius 2 is 1.82 bits per heavy atom. The van der Waals surface area contributed by atoms with Gasteiger partial charge >= 0.3 is 5.97 Å². The quantitative estimate of drug-likeness (QED) is 0.779. The highest BCUT2D eigenvalue weighted by atomic mass is 32.2. The Bertz CT molecular complexity index is 602. The number of esters is 1. The lowest BCUT2D eigenvalue weighted by Crippen LogP contribution is -2.40. The van der Waals surface area contributed by atoms with Gasteiger partial charge in [0.1, 0.15) is 0 Å². The number of carbonyl (C=O) groups excluding carboxylic acids is 1. The first-order chi connectivity index (χ1) is 10.5. The molecule has 0 aromatic heterocycles. The Hall–Kier alpha value is -1.40. The molecule has 1 saturated heterocycles. The van der Waals surface area contributed by atoms with Crippen molar-refractivity contribution in [1.82, 2.24) is 4.31 Å². The minimum atomic E-state index is -3.47. The molecule has 2 rings (SSSR count). The molecule has 1 aromatic carbocycles. The molecule has 122 valence electrons. The van der Waals surface area contributed by atoms with E-state index >= 15 is 0 Å². The van der Waals surface area contributed by atoms with Crippen LogP contribution in [0.1, 0.15) is 31.7 Å². The molecule has 0 N–H and O–H groups in total. The molecule has 0 amide bonds. The number of aryl methyl sites for hydroxylation is 1. The molecule has 1 aromatic rings. The molecule has 0 radical (unpaired) electrons. The maximum atomic E-state index is 12.6. The van der Waals surface area contributed by atoms with Gasteiger partial charge in [0.05, 0.1) is 17.9 Å². The number of hydrogen-bond donors (Lipinski definition) is 0. The maximum absolute atomic E-state index is 12.6. The summed E-state index contributed by atoms with van der Waals surface area (Å²) in [6.07, 6.45) is 3.01. The molecule has 0 spiro atoms. The highest BCUT2D eigenvalue weighted by Crippen LogP contribution is 2.24. The molecule has 0 unspecified atom stereocenters. The zero-order valence-electron chi connectivity index (χ0n) is 13.1. The summed E-state index contributed by atoms with van der Waals surface area (Å²) in [6, 6.07) is 7.09. The fourth-order valence-electron chi connectivity index (χ4n) is 2.76. The van der Waals surface area contributed by atoms with Crippen LogP contribution in [-0.4, -0.2) is 38.9 Å². The van der Waals surface area contributed by atoms with Crippen LogP contribution in [0.5, 0.6) is 0 Å². The molecule has 6 heteroatoms. The zero-order valence-corrected chi connectivity index (χ0v) is 13.9. The van der Waals surface area contributed by atoms with Gasteiger partial charge in [-0.3, -0.25) is 4.79 Å². The van der Waals surface area contributed by atoms with Crippen LogP contribution in [0.2, 0.25) is 0 Å². The van der Waals surface area contributed by atoms with Crippen molar-refractivity contribution in [3.63, 3.8) is 0 Å². The third-order valence-electron chi connectivity index (χ3n) is 4.09. The van der Waals surface area contributed by atoms with E-state index in [0.29, 0.717) is 30.8 Å². The van der Waals surface area contributed by atoms with Crippen LogP contribution in [0.4, 0.5) is 0 Å². The van der Waals surface area contributed by atoms with E-state index in [4.69, 9.17) is 4.74 Å². The molecule has 0 saturated carbocycles. The van der Waals surface area contributed by atoms with Crippen LogP contribution >= 0.6 is 0 Å². The summed E-state index contributed by atoms with van der Waals surface area (Å²) in [6.45, 7) is 2.81. The SMILES string of the molecule is CCCc1ccc(S(=O)(=O)N2CCC(C(=O)OC)CC2)cc1. The second kappa shape index (κ2) is 7.24. The van der Waals surface area contributed by atoms with Crippen molar-refractivity contribution in [3.05, 3.63) is 29.8 Å². The topological polar surface area (TPSA) is 63.7 Å². The van der Waals surface area contributed by atoms with Crippen LogP contribution in [0, 0.1) is 5.92 Å². The fourth-order valence-corrected chi connectivity index (χ4v) is 4.23. The van der Waals surface area contributed by atoms with Gasteiger partial charge < -0.3 is 4.74 Å². The summed E-state index contributed by atoms with van der Waals surface area (Å²) >= 11 is 0. The summed E-state index contributed by atoms with van der Waals surface area (Å²) in [5.41, 5.74) is 1.14. The van der Waals surface area contributed by atoms with Gasteiger partial charge in [-0.15, -0.1) is 0 Å². The Balaban J connectivity index is 2.06. The van der Waals surface area contributed by atoms with Gasteiger partial charge in [0.15, 0.2) is 0 Å². The van der Waals surface area contributed by atoms with E-state index in [1.54, 1.807) is 12.1 Å². The lowest BCUT2D eigenvalue weighted by molar-refractivity contribution is -0.146. The minimum absolute atomic E-state index is 0.191. The van der Waals surface area contributed by atoms with Gasteiger partial charge in [0.2, 0.25) is 10.0 Å². The number of nitrogens with zero attached hydrogens (tertiary/aromatic N) is 1. The second-order valence-electron chi connectivity index (χ2n) is 5.60. The average Bonchev–Trinajstić information content (AvgIpc) is 2.55. The van der Waals surface area contributed by atoms with Gasteiger partial charge in [-0.05, 0) is 37.0 Å². The predicted molar refractivity (Wildman–Crippen MR) is 83.9 cm³/mol. The van der Waals surface area contributed by atoms with Crippen molar-refractivity contribution in [2.75, 3.05) is 20.2 Å². The summed E-state index contributed by atoms with van der Waals surface area (Å²) in [5.74, 6) is -0.440. The largest absolute Gasteiger partial charge is 0.469 e. The number of hydrogen-bond acceptors (Lipinski definition) is 4. The Labute approximate surface area is 132 Å². The first-order valence-electron chi connectivity index (χ1n) is 7.66. The maximum Gasteiger partial charge on any atom is 0.308 e. The molecule has 0 aliphatic carbocycles. The molecule has 1 aliphatic rings. The van der Waals surface area contributed by atoms with Crippen LogP contribution in [0.15, 0.2) is 29.2 Å². The third-order valence-corrected chi connectivity index (χ3v) is 6.00. The predicted octanol–water partition coefficient (Wildman–Crippen LogP) is 2.21. The van der Waals surface area contributed by atoms with E-state index in [-0.39, 0.29) is 11.9 Å². The fraction of sp³-hybridized carbons (Fsp3) is 0.562. The Morgan fingerprint density at radius 3 is 2.32 bits per heavy atom. The Morgan fingerprint density at radius 1 is 1.23 bits per heavy atom. The van der Waals surface area contributed by atoms with Crippen molar-refractivity contribution in [2.45, 2.75) is 37.5 Å². The van der Waals surface area contributed by atoms with E-state index < -0.39 is 10.0 Å². The number of ether oxygens (including phenoxy) is 1. The van der Waals surface area contributed by atoms with E-state index in [2.05, 4.69) is 6.92 Å². The summed E-state index contributed by atoms with van der Waals surface area (Å²) < 4.78 is 31.4. The number of benzene rings is 1. The lowest BCUT2D eigenvalue weighted by atomic mass is 9.99. The normalized spacial score (nSPS) is 17.4. The number of carbonyl (C=O) groups is 1. The molecule has 1 heterocycles. The third kappa shape index (κ3) is 3.67. The summed E-state index contributed by atoms with van der Waals surface area (Å²) in [4.78, 5) is 11.8. The van der Waals surface area contributed by atoms with E-state index in [0.717, 1.165) is 18.4 Å². The van der Waals surface area contributed by atoms with Gasteiger partial charge in [0.25, 0.3) is 0 Å². The van der Waals surface area contributed by atoms with Crippen LogP contribution in [0.3, 0.4) is 0 Å². The van der Waals surface area contributed by atoms with Crippen molar-refractivity contribution in [1.29, 1.82) is 0 Å². The van der Waals surface area contributed by atoms with E-state index in [1.807, 2.05) is 12.1 Å². The van der Waals surface area contributed by atoms with E-state index in [9.17, 15) is 13.2 Å². The average molecular weight is 325 g/mol. The number of piperidine rings is 1. The number of rotatable bonds is 5. The molecular weight excluding hydrogens is 302 g/mol. The van der Waals surface area contributed by atoms with Gasteiger partial charge in [-0.25, -0.2) is 8.42 Å². The standard InChI is InChI=1S/C16H23NO4S/c1-3-4-13-5-7-15(8-6-13)22(19,20)17-11-9-14(10-12-17)16(18)21-2/h5-8,14H,3-4,9-12H2,1-2H3. The van der Waals surface area contributed by atoms with Gasteiger partial charge in [-0.1, -0.05) is 25.5 Å². The summed E-state index contributed by atoms with van der Waals surface area (Å²) in [7, 11) is -2.10. The van der Waals surface area contributed by atoms with Crippen LogP contribution in [0.25, 0.3) is 0 Å². The first kappa shape index (κ1) is 17.0. The molecule has 5 nitrogen and oxygen atoms in total. The summed E-state index contributed by atoms with van der Waals surface area (Å²) in [5, 5.41) is 0. The molecule has 1 fully saturated rings. The highest BCUT2D eigenvalue weighted by Gasteiger charge is 2.32. The van der Waals surface area contributed by atoms with Crippen molar-refractivity contribution >= 4 is 16.0 Å². The minimum Gasteiger partial charge on any atom is -0.469 e. The highest BCUT2D eigenvalue weighted by molar-refractivity contribution is 7.89. The second-order valence-corrected chi connectivity index (χ2v) is 7.53. The lowest BCUT2D eigenvalue weighted by Gasteiger charge is -2.29. The first-order valence-corrected chi connectivity index (χ1v) is 9.10. The zero-order chi connectivity index (χ0) is 16.2. The van der Waals surface area contributed by atoms with Crippen molar-refractivity contribution < 1.29 is 17.9 Å². The van der Waals surface area contributed by atoms with Crippen molar-refractivity contribution in [2.24, 2.45) is 5.92 Å². The van der Waals surface area contributed by atoms with E-state index in [1.165, 1.54) is 11.4 Å².